The van der Waals surface area contributed by atoms with E-state index in [1.807, 2.05) is 12.1 Å². The lowest BCUT2D eigenvalue weighted by Gasteiger charge is -2.01. The first-order chi connectivity index (χ1) is 9.70. The molecule has 0 spiro atoms. The van der Waals surface area contributed by atoms with Gasteiger partial charge < -0.3 is 5.32 Å². The van der Waals surface area contributed by atoms with E-state index in [9.17, 15) is 4.39 Å². The molecule has 3 rings (SSSR count). The van der Waals surface area contributed by atoms with Gasteiger partial charge in [0.05, 0.1) is 5.69 Å². The van der Waals surface area contributed by atoms with Crippen LogP contribution in [-0.4, -0.2) is 11.5 Å². The van der Waals surface area contributed by atoms with Crippen molar-refractivity contribution in [2.45, 2.75) is 39.2 Å². The molecule has 1 aliphatic carbocycles. The first-order valence-corrected chi connectivity index (χ1v) is 7.98. The Balaban J connectivity index is 1.99. The number of rotatable bonds is 5. The molecule has 20 heavy (non-hydrogen) atoms. The second kappa shape index (κ2) is 5.62. The molecule has 0 unspecified atom stereocenters. The molecule has 0 bridgehead atoms. The second-order valence-electron chi connectivity index (χ2n) is 5.32. The van der Waals surface area contributed by atoms with E-state index in [4.69, 9.17) is 4.98 Å². The number of halogens is 1. The van der Waals surface area contributed by atoms with Crippen LogP contribution in [0.4, 0.5) is 4.39 Å². The van der Waals surface area contributed by atoms with Gasteiger partial charge in [-0.05, 0) is 37.9 Å². The topological polar surface area (TPSA) is 24.9 Å². The van der Waals surface area contributed by atoms with Crippen molar-refractivity contribution in [3.05, 3.63) is 40.2 Å². The predicted octanol–water partition coefficient (Wildman–Crippen LogP) is 4.24. The number of hydrogen-bond acceptors (Lipinski definition) is 3. The zero-order valence-electron chi connectivity index (χ0n) is 11.9. The van der Waals surface area contributed by atoms with Crippen LogP contribution >= 0.6 is 11.3 Å². The highest BCUT2D eigenvalue weighted by Gasteiger charge is 2.30. The Kier molecular flexibility index (Phi) is 3.85. The van der Waals surface area contributed by atoms with Crippen LogP contribution in [0.3, 0.4) is 0 Å². The van der Waals surface area contributed by atoms with E-state index >= 15 is 0 Å². The summed E-state index contributed by atoms with van der Waals surface area (Å²) < 4.78 is 14.2. The van der Waals surface area contributed by atoms with E-state index < -0.39 is 0 Å². The molecule has 0 aliphatic heterocycles. The maximum absolute atomic E-state index is 14.2. The average Bonchev–Trinajstić information content (AvgIpc) is 3.20. The number of aromatic nitrogens is 1. The van der Waals surface area contributed by atoms with Gasteiger partial charge in [-0.2, -0.15) is 0 Å². The Morgan fingerprint density at radius 2 is 2.20 bits per heavy atom. The minimum Gasteiger partial charge on any atom is -0.312 e. The molecule has 2 nitrogen and oxygen atoms in total. The minimum atomic E-state index is -0.140. The fraction of sp³-hybridized carbons (Fsp3) is 0.438. The SMILES string of the molecule is CCNCc1sc(-c2cccc(C)c2F)nc1C1CC1. The maximum Gasteiger partial charge on any atom is 0.136 e. The Hall–Kier alpha value is -1.26. The molecular weight excluding hydrogens is 271 g/mol. The van der Waals surface area contributed by atoms with Crippen molar-refractivity contribution in [2.24, 2.45) is 0 Å². The molecule has 1 aliphatic rings. The normalized spacial score (nSPS) is 14.8. The van der Waals surface area contributed by atoms with Crippen LogP contribution < -0.4 is 5.32 Å². The van der Waals surface area contributed by atoms with Gasteiger partial charge in [-0.3, -0.25) is 0 Å². The molecule has 0 atom stereocenters. The van der Waals surface area contributed by atoms with Crippen LogP contribution in [0, 0.1) is 12.7 Å². The third-order valence-electron chi connectivity index (χ3n) is 3.65. The van der Waals surface area contributed by atoms with Gasteiger partial charge in [0.1, 0.15) is 10.8 Å². The van der Waals surface area contributed by atoms with Crippen molar-refractivity contribution in [3.63, 3.8) is 0 Å². The van der Waals surface area contributed by atoms with Gasteiger partial charge in [-0.15, -0.1) is 11.3 Å². The number of thiazole rings is 1. The first kappa shape index (κ1) is 13.7. The summed E-state index contributed by atoms with van der Waals surface area (Å²) in [6.45, 7) is 5.68. The monoisotopic (exact) mass is 290 g/mol. The fourth-order valence-corrected chi connectivity index (χ4v) is 3.47. The quantitative estimate of drug-likeness (QED) is 0.890. The van der Waals surface area contributed by atoms with Gasteiger partial charge >= 0.3 is 0 Å². The van der Waals surface area contributed by atoms with Gasteiger partial charge in [-0.25, -0.2) is 9.37 Å². The van der Waals surface area contributed by atoms with Gasteiger partial charge in [0.15, 0.2) is 0 Å². The zero-order chi connectivity index (χ0) is 14.1. The van der Waals surface area contributed by atoms with E-state index in [1.54, 1.807) is 24.3 Å². The summed E-state index contributed by atoms with van der Waals surface area (Å²) in [6, 6.07) is 5.53. The van der Waals surface area contributed by atoms with Crippen molar-refractivity contribution in [2.75, 3.05) is 6.54 Å². The van der Waals surface area contributed by atoms with E-state index in [1.165, 1.54) is 23.4 Å². The largest absolute Gasteiger partial charge is 0.312 e. The Morgan fingerprint density at radius 3 is 2.90 bits per heavy atom. The third kappa shape index (κ3) is 2.63. The van der Waals surface area contributed by atoms with Crippen LogP contribution in [0.2, 0.25) is 0 Å². The van der Waals surface area contributed by atoms with E-state index in [0.717, 1.165) is 18.1 Å². The highest BCUT2D eigenvalue weighted by Crippen LogP contribution is 2.44. The smallest absolute Gasteiger partial charge is 0.136 e. The Bertz CT molecular complexity index is 617. The molecule has 1 N–H and O–H groups in total. The molecule has 0 radical (unpaired) electrons. The van der Waals surface area contributed by atoms with Gasteiger partial charge in [0.25, 0.3) is 0 Å². The minimum absolute atomic E-state index is 0.140. The molecule has 106 valence electrons. The van der Waals surface area contributed by atoms with Crippen molar-refractivity contribution in [1.82, 2.24) is 10.3 Å². The average molecular weight is 290 g/mol. The number of nitrogens with one attached hydrogen (secondary N) is 1. The molecule has 1 heterocycles. The number of nitrogens with zero attached hydrogens (tertiary/aromatic N) is 1. The third-order valence-corrected chi connectivity index (χ3v) is 4.75. The molecule has 2 aromatic rings. The lowest BCUT2D eigenvalue weighted by Crippen LogP contribution is -2.11. The van der Waals surface area contributed by atoms with Crippen molar-refractivity contribution in [3.8, 4) is 10.6 Å². The molecule has 1 saturated carbocycles. The lowest BCUT2D eigenvalue weighted by atomic mass is 10.1. The zero-order valence-corrected chi connectivity index (χ0v) is 12.7. The Morgan fingerprint density at radius 1 is 1.40 bits per heavy atom. The fourth-order valence-electron chi connectivity index (χ4n) is 2.33. The molecule has 1 aromatic carbocycles. The second-order valence-corrected chi connectivity index (χ2v) is 6.40. The van der Waals surface area contributed by atoms with Crippen LogP contribution in [0.15, 0.2) is 18.2 Å². The molecule has 1 aromatic heterocycles. The highest BCUT2D eigenvalue weighted by molar-refractivity contribution is 7.15. The molecular formula is C16H19FN2S. The standard InChI is InChI=1S/C16H19FN2S/c1-3-18-9-13-15(11-7-8-11)19-16(20-13)12-6-4-5-10(2)14(12)17/h4-6,11,18H,3,7-9H2,1-2H3. The van der Waals surface area contributed by atoms with E-state index in [-0.39, 0.29) is 5.82 Å². The summed E-state index contributed by atoms with van der Waals surface area (Å²) in [5, 5.41) is 4.18. The number of aryl methyl sites for hydroxylation is 1. The van der Waals surface area contributed by atoms with Gasteiger partial charge in [0.2, 0.25) is 0 Å². The molecule has 0 amide bonds. The maximum atomic E-state index is 14.2. The summed E-state index contributed by atoms with van der Waals surface area (Å²) in [4.78, 5) is 6.00. The summed E-state index contributed by atoms with van der Waals surface area (Å²) in [7, 11) is 0. The lowest BCUT2D eigenvalue weighted by molar-refractivity contribution is 0.622. The first-order valence-electron chi connectivity index (χ1n) is 7.16. The van der Waals surface area contributed by atoms with Gasteiger partial charge in [-0.1, -0.05) is 19.1 Å². The Labute approximate surface area is 123 Å². The number of benzene rings is 1. The summed E-state index contributed by atoms with van der Waals surface area (Å²) in [5.74, 6) is 0.458. The summed E-state index contributed by atoms with van der Waals surface area (Å²) >= 11 is 1.63. The van der Waals surface area contributed by atoms with Crippen molar-refractivity contribution in [1.29, 1.82) is 0 Å². The molecule has 0 saturated heterocycles. The van der Waals surface area contributed by atoms with Crippen LogP contribution in [0.1, 0.15) is 41.8 Å². The molecule has 4 heteroatoms. The highest BCUT2D eigenvalue weighted by atomic mass is 32.1. The predicted molar refractivity (Wildman–Crippen MR) is 81.6 cm³/mol. The van der Waals surface area contributed by atoms with E-state index in [0.29, 0.717) is 17.0 Å². The summed E-state index contributed by atoms with van der Waals surface area (Å²) in [5.41, 5.74) is 2.51. The number of hydrogen-bond donors (Lipinski definition) is 1. The van der Waals surface area contributed by atoms with Gasteiger partial charge in [0, 0.05) is 22.9 Å². The summed E-state index contributed by atoms with van der Waals surface area (Å²) in [6.07, 6.45) is 2.44. The molecule has 1 fully saturated rings. The van der Waals surface area contributed by atoms with Crippen LogP contribution in [0.5, 0.6) is 0 Å². The van der Waals surface area contributed by atoms with E-state index in [2.05, 4.69) is 12.2 Å². The van der Waals surface area contributed by atoms with Crippen molar-refractivity contribution >= 4 is 11.3 Å². The van der Waals surface area contributed by atoms with Crippen LogP contribution in [-0.2, 0) is 6.54 Å². The van der Waals surface area contributed by atoms with Crippen LogP contribution in [0.25, 0.3) is 10.6 Å². The van der Waals surface area contributed by atoms with Crippen molar-refractivity contribution < 1.29 is 4.39 Å².